The molecule has 31 heavy (non-hydrogen) atoms. The Morgan fingerprint density at radius 1 is 1.06 bits per heavy atom. The van der Waals surface area contributed by atoms with Crippen molar-refractivity contribution in [2.45, 2.75) is 44.6 Å². The van der Waals surface area contributed by atoms with Crippen molar-refractivity contribution >= 4 is 27.9 Å². The zero-order valence-electron chi connectivity index (χ0n) is 17.3. The normalized spacial score (nSPS) is 20.2. The first kappa shape index (κ1) is 19.7. The summed E-state index contributed by atoms with van der Waals surface area (Å²) < 4.78 is 16.0. The molecule has 0 radical (unpaired) electrons. The Kier molecular flexibility index (Phi) is 4.93. The molecule has 1 aliphatic carbocycles. The molecule has 1 saturated carbocycles. The summed E-state index contributed by atoms with van der Waals surface area (Å²) in [5.74, 6) is -0.276. The van der Waals surface area contributed by atoms with Crippen LogP contribution in [0.5, 0.6) is 0 Å². The summed E-state index contributed by atoms with van der Waals surface area (Å²) in [6.07, 6.45) is 7.84. The van der Waals surface area contributed by atoms with Crippen LogP contribution in [0.15, 0.2) is 55.0 Å². The number of nitrogens with zero attached hydrogens (tertiary/aromatic N) is 3. The average molecular weight is 417 g/mol. The maximum Gasteiger partial charge on any atom is 0.335 e. The molecule has 0 spiro atoms. The van der Waals surface area contributed by atoms with Crippen LogP contribution in [0.2, 0.25) is 0 Å². The van der Waals surface area contributed by atoms with Gasteiger partial charge in [0.05, 0.1) is 28.4 Å². The van der Waals surface area contributed by atoms with Crippen LogP contribution in [0.4, 0.5) is 4.39 Å². The molecule has 1 fully saturated rings. The van der Waals surface area contributed by atoms with E-state index in [0.717, 1.165) is 47.6 Å². The molecule has 1 atom stereocenters. The molecule has 4 aromatic rings. The third kappa shape index (κ3) is 3.56. The third-order valence-electron chi connectivity index (χ3n) is 6.89. The van der Waals surface area contributed by atoms with Gasteiger partial charge in [-0.1, -0.05) is 0 Å². The van der Waals surface area contributed by atoms with Gasteiger partial charge in [-0.15, -0.1) is 0 Å². The molecule has 5 rings (SSSR count). The number of aromatic nitrogens is 3. The van der Waals surface area contributed by atoms with E-state index in [1.807, 2.05) is 18.6 Å². The number of pyridine rings is 1. The molecule has 0 aliphatic heterocycles. The van der Waals surface area contributed by atoms with Crippen molar-refractivity contribution in [3.63, 3.8) is 0 Å². The van der Waals surface area contributed by atoms with Crippen molar-refractivity contribution in [1.29, 1.82) is 0 Å². The molecule has 158 valence electrons. The molecule has 0 saturated heterocycles. The van der Waals surface area contributed by atoms with E-state index in [1.165, 1.54) is 11.6 Å². The molecular formula is C25H24FN3O2. The number of carbonyl (C=O) groups is 1. The maximum atomic E-state index is 13.8. The molecule has 5 nitrogen and oxygen atoms in total. The number of carboxylic acid groups (broad SMARTS) is 1. The van der Waals surface area contributed by atoms with Gasteiger partial charge in [-0.2, -0.15) is 0 Å². The lowest BCUT2D eigenvalue weighted by Crippen LogP contribution is -2.22. The number of fused-ring (bicyclic) bond motifs is 2. The number of aromatic carboxylic acids is 1. The molecule has 0 bridgehead atoms. The van der Waals surface area contributed by atoms with Crippen LogP contribution in [0.25, 0.3) is 21.9 Å². The first-order valence-corrected chi connectivity index (χ1v) is 10.8. The van der Waals surface area contributed by atoms with Crippen molar-refractivity contribution in [3.8, 4) is 0 Å². The second-order valence-electron chi connectivity index (χ2n) is 8.57. The minimum atomic E-state index is -0.927. The largest absolute Gasteiger partial charge is 0.478 e. The number of imidazole rings is 1. The maximum absolute atomic E-state index is 13.8. The SMILES string of the molecule is CC(C1CCC(c2ccnc3ccc(F)cc23)CC1)n1cnc2ccc(C(=O)O)cc21. The van der Waals surface area contributed by atoms with Crippen molar-refractivity contribution in [3.05, 3.63) is 71.9 Å². The summed E-state index contributed by atoms with van der Waals surface area (Å²) in [7, 11) is 0. The number of carboxylic acids is 1. The molecule has 1 N–H and O–H groups in total. The third-order valence-corrected chi connectivity index (χ3v) is 6.89. The van der Waals surface area contributed by atoms with Crippen LogP contribution in [-0.2, 0) is 0 Å². The van der Waals surface area contributed by atoms with Crippen LogP contribution in [0.1, 0.15) is 60.5 Å². The zero-order valence-corrected chi connectivity index (χ0v) is 17.3. The lowest BCUT2D eigenvalue weighted by Gasteiger charge is -2.33. The van der Waals surface area contributed by atoms with Gasteiger partial charge in [0, 0.05) is 17.6 Å². The molecule has 6 heteroatoms. The van der Waals surface area contributed by atoms with Crippen LogP contribution < -0.4 is 0 Å². The summed E-state index contributed by atoms with van der Waals surface area (Å²) in [5.41, 5.74) is 3.99. The van der Waals surface area contributed by atoms with Gasteiger partial charge in [-0.25, -0.2) is 14.2 Å². The highest BCUT2D eigenvalue weighted by molar-refractivity contribution is 5.92. The monoisotopic (exact) mass is 417 g/mol. The molecule has 0 amide bonds. The van der Waals surface area contributed by atoms with Gasteiger partial charge in [0.15, 0.2) is 0 Å². The second-order valence-corrected chi connectivity index (χ2v) is 8.57. The lowest BCUT2D eigenvalue weighted by atomic mass is 9.75. The van der Waals surface area contributed by atoms with E-state index in [9.17, 15) is 14.3 Å². The van der Waals surface area contributed by atoms with Crippen molar-refractivity contribution < 1.29 is 14.3 Å². The fourth-order valence-electron chi connectivity index (χ4n) is 5.12. The fraction of sp³-hybridized carbons (Fsp3) is 0.320. The topological polar surface area (TPSA) is 68.0 Å². The fourth-order valence-corrected chi connectivity index (χ4v) is 5.12. The number of benzene rings is 2. The van der Waals surface area contributed by atoms with Crippen LogP contribution in [-0.4, -0.2) is 25.6 Å². The van der Waals surface area contributed by atoms with Gasteiger partial charge in [0.1, 0.15) is 5.82 Å². The molecule has 1 aliphatic rings. The summed E-state index contributed by atoms with van der Waals surface area (Å²) >= 11 is 0. The van der Waals surface area contributed by atoms with E-state index in [0.29, 0.717) is 11.8 Å². The van der Waals surface area contributed by atoms with E-state index in [1.54, 1.807) is 30.3 Å². The van der Waals surface area contributed by atoms with E-state index in [-0.39, 0.29) is 17.4 Å². The Labute approximate surface area is 179 Å². The molecule has 2 heterocycles. The van der Waals surface area contributed by atoms with E-state index in [2.05, 4.69) is 21.5 Å². The van der Waals surface area contributed by atoms with Crippen LogP contribution in [0, 0.1) is 11.7 Å². The van der Waals surface area contributed by atoms with Crippen LogP contribution in [0.3, 0.4) is 0 Å². The first-order valence-electron chi connectivity index (χ1n) is 10.8. The van der Waals surface area contributed by atoms with Crippen molar-refractivity contribution in [2.75, 3.05) is 0 Å². The van der Waals surface area contributed by atoms with Gasteiger partial charge in [-0.05, 0) is 92.5 Å². The second kappa shape index (κ2) is 7.76. The number of hydrogen-bond acceptors (Lipinski definition) is 3. The highest BCUT2D eigenvalue weighted by Gasteiger charge is 2.28. The van der Waals surface area contributed by atoms with E-state index in [4.69, 9.17) is 0 Å². The summed E-state index contributed by atoms with van der Waals surface area (Å²) in [5, 5.41) is 10.2. The Bertz CT molecular complexity index is 1270. The summed E-state index contributed by atoms with van der Waals surface area (Å²) in [6, 6.07) is 12.1. The molecule has 2 aromatic carbocycles. The van der Waals surface area contributed by atoms with Gasteiger partial charge in [0.25, 0.3) is 0 Å². The number of hydrogen-bond donors (Lipinski definition) is 1. The highest BCUT2D eigenvalue weighted by atomic mass is 19.1. The van der Waals surface area contributed by atoms with E-state index < -0.39 is 5.97 Å². The standard InChI is InChI=1S/C25H24FN3O2/c1-15(29-14-28-23-8-6-18(25(30)31)12-24(23)29)16-2-4-17(5-3-16)20-10-11-27-22-9-7-19(26)13-21(20)22/h6-17H,2-5H2,1H3,(H,30,31). The Morgan fingerprint density at radius 3 is 2.61 bits per heavy atom. The summed E-state index contributed by atoms with van der Waals surface area (Å²) in [6.45, 7) is 2.19. The van der Waals surface area contributed by atoms with Gasteiger partial charge in [-0.3, -0.25) is 4.98 Å². The first-order chi connectivity index (χ1) is 15.0. The highest BCUT2D eigenvalue weighted by Crippen LogP contribution is 2.42. The predicted octanol–water partition coefficient (Wildman–Crippen LogP) is 5.96. The zero-order chi connectivity index (χ0) is 21.5. The van der Waals surface area contributed by atoms with Crippen molar-refractivity contribution in [1.82, 2.24) is 14.5 Å². The van der Waals surface area contributed by atoms with Gasteiger partial charge < -0.3 is 9.67 Å². The molecular weight excluding hydrogens is 393 g/mol. The molecule has 2 aromatic heterocycles. The van der Waals surface area contributed by atoms with Crippen LogP contribution >= 0.6 is 0 Å². The lowest BCUT2D eigenvalue weighted by molar-refractivity contribution is 0.0697. The minimum absolute atomic E-state index is 0.224. The quantitative estimate of drug-likeness (QED) is 0.445. The Morgan fingerprint density at radius 2 is 1.84 bits per heavy atom. The van der Waals surface area contributed by atoms with E-state index >= 15 is 0 Å². The summed E-state index contributed by atoms with van der Waals surface area (Å²) in [4.78, 5) is 20.2. The van der Waals surface area contributed by atoms with Gasteiger partial charge in [0.2, 0.25) is 0 Å². The average Bonchev–Trinajstić information content (AvgIpc) is 3.21. The smallest absolute Gasteiger partial charge is 0.335 e. The Hall–Kier alpha value is -3.28. The minimum Gasteiger partial charge on any atom is -0.478 e. The molecule has 1 unspecified atom stereocenters. The number of halogens is 1. The number of rotatable bonds is 4. The van der Waals surface area contributed by atoms with Crippen molar-refractivity contribution in [2.24, 2.45) is 5.92 Å². The Balaban J connectivity index is 1.36. The predicted molar refractivity (Wildman–Crippen MR) is 118 cm³/mol. The van der Waals surface area contributed by atoms with Gasteiger partial charge >= 0.3 is 5.97 Å².